The van der Waals surface area contributed by atoms with Crippen LogP contribution in [0.15, 0.2) is 18.2 Å². The first kappa shape index (κ1) is 20.1. The van der Waals surface area contributed by atoms with Crippen LogP contribution in [-0.4, -0.2) is 92.3 Å². The van der Waals surface area contributed by atoms with E-state index < -0.39 is 0 Å². The van der Waals surface area contributed by atoms with Crippen LogP contribution in [0.3, 0.4) is 0 Å². The smallest absolute Gasteiger partial charge is 0.253 e. The van der Waals surface area contributed by atoms with Crippen LogP contribution in [0.25, 0.3) is 0 Å². The molecule has 0 aromatic heterocycles. The molecule has 0 aliphatic carbocycles. The maximum Gasteiger partial charge on any atom is 0.253 e. The third-order valence-corrected chi connectivity index (χ3v) is 6.04. The number of hydrogen-bond donors (Lipinski definition) is 1. The first-order valence-corrected chi connectivity index (χ1v) is 9.97. The number of methoxy groups -OCH3 is 1. The summed E-state index contributed by atoms with van der Waals surface area (Å²) >= 11 is 0. The van der Waals surface area contributed by atoms with Crippen LogP contribution >= 0.6 is 0 Å². The summed E-state index contributed by atoms with van der Waals surface area (Å²) < 4.78 is 5.29. The fraction of sp³-hybridized carbons (Fsp3) is 0.667. The second kappa shape index (κ2) is 9.04. The molecular weight excluding hydrogens is 342 g/mol. The zero-order chi connectivity index (χ0) is 19.4. The first-order chi connectivity index (χ1) is 13.0. The molecule has 2 aliphatic heterocycles. The Labute approximate surface area is 162 Å². The molecule has 2 atom stereocenters. The van der Waals surface area contributed by atoms with Crippen molar-refractivity contribution in [2.75, 3.05) is 66.6 Å². The fourth-order valence-electron chi connectivity index (χ4n) is 4.33. The molecule has 0 radical (unpaired) electrons. The van der Waals surface area contributed by atoms with Gasteiger partial charge in [-0.3, -0.25) is 4.79 Å². The first-order valence-electron chi connectivity index (χ1n) is 9.97. The highest BCUT2D eigenvalue weighted by atomic mass is 16.5. The minimum Gasteiger partial charge on any atom is -0.496 e. The summed E-state index contributed by atoms with van der Waals surface area (Å²) in [6.45, 7) is 8.82. The van der Waals surface area contributed by atoms with Crippen molar-refractivity contribution in [2.45, 2.75) is 13.3 Å². The number of rotatable bonds is 5. The number of nitrogens with zero attached hydrogens (tertiary/aromatic N) is 3. The van der Waals surface area contributed by atoms with Crippen molar-refractivity contribution in [1.82, 2.24) is 14.7 Å². The molecule has 0 bridgehead atoms. The highest BCUT2D eigenvalue weighted by Crippen LogP contribution is 2.27. The van der Waals surface area contributed by atoms with Gasteiger partial charge in [0.15, 0.2) is 0 Å². The van der Waals surface area contributed by atoms with Crippen LogP contribution in [-0.2, 0) is 0 Å². The summed E-state index contributed by atoms with van der Waals surface area (Å²) in [5.41, 5.74) is 1.66. The lowest BCUT2D eigenvalue weighted by molar-refractivity contribution is 0.0779. The van der Waals surface area contributed by atoms with Crippen molar-refractivity contribution in [3.8, 4) is 5.75 Å². The van der Waals surface area contributed by atoms with Gasteiger partial charge in [0, 0.05) is 50.8 Å². The zero-order valence-electron chi connectivity index (χ0n) is 16.9. The average Bonchev–Trinajstić information content (AvgIpc) is 2.96. The molecule has 2 fully saturated rings. The summed E-state index contributed by atoms with van der Waals surface area (Å²) in [5.74, 6) is 1.35. The highest BCUT2D eigenvalue weighted by Gasteiger charge is 2.36. The number of aryl methyl sites for hydroxylation is 1. The van der Waals surface area contributed by atoms with Crippen LogP contribution in [0.1, 0.15) is 22.3 Å². The van der Waals surface area contributed by atoms with Crippen molar-refractivity contribution in [1.29, 1.82) is 0 Å². The highest BCUT2D eigenvalue weighted by molar-refractivity contribution is 5.94. The van der Waals surface area contributed by atoms with Gasteiger partial charge in [0.05, 0.1) is 7.11 Å². The molecule has 6 heteroatoms. The van der Waals surface area contributed by atoms with Gasteiger partial charge in [0.2, 0.25) is 0 Å². The van der Waals surface area contributed by atoms with Crippen LogP contribution in [0, 0.1) is 18.8 Å². The molecule has 2 saturated heterocycles. The number of likely N-dealkylation sites (tertiary alicyclic amines) is 1. The Bertz CT molecular complexity index is 652. The number of benzene rings is 1. The van der Waals surface area contributed by atoms with E-state index in [9.17, 15) is 9.90 Å². The minimum atomic E-state index is 0.0531. The van der Waals surface area contributed by atoms with E-state index in [1.165, 1.54) is 6.42 Å². The maximum atomic E-state index is 13.0. The van der Waals surface area contributed by atoms with E-state index in [0.29, 0.717) is 18.0 Å². The van der Waals surface area contributed by atoms with Crippen molar-refractivity contribution in [3.63, 3.8) is 0 Å². The molecule has 3 rings (SSSR count). The number of aliphatic hydroxyl groups is 1. The van der Waals surface area contributed by atoms with Crippen molar-refractivity contribution in [2.24, 2.45) is 11.8 Å². The predicted molar refractivity (Wildman–Crippen MR) is 106 cm³/mol. The summed E-state index contributed by atoms with van der Waals surface area (Å²) in [5, 5.41) is 9.86. The number of aliphatic hydroxyl groups excluding tert-OH is 1. The third kappa shape index (κ3) is 4.81. The molecule has 1 aromatic carbocycles. The predicted octanol–water partition coefficient (Wildman–Crippen LogP) is 1.32. The van der Waals surface area contributed by atoms with Gasteiger partial charge in [0.25, 0.3) is 5.91 Å². The summed E-state index contributed by atoms with van der Waals surface area (Å²) in [6.07, 6.45) is 1.18. The Morgan fingerprint density at radius 2 is 1.96 bits per heavy atom. The molecule has 1 amide bonds. The maximum absolute atomic E-state index is 13.0. The molecule has 6 nitrogen and oxygen atoms in total. The Morgan fingerprint density at radius 3 is 2.67 bits per heavy atom. The van der Waals surface area contributed by atoms with E-state index in [4.69, 9.17) is 4.74 Å². The van der Waals surface area contributed by atoms with Gasteiger partial charge in [0.1, 0.15) is 5.75 Å². The molecule has 150 valence electrons. The van der Waals surface area contributed by atoms with Gasteiger partial charge < -0.3 is 24.5 Å². The molecule has 0 unspecified atom stereocenters. The fourth-order valence-corrected chi connectivity index (χ4v) is 4.33. The quantitative estimate of drug-likeness (QED) is 0.841. The van der Waals surface area contributed by atoms with Gasteiger partial charge in [-0.1, -0.05) is 0 Å². The Hall–Kier alpha value is -1.63. The van der Waals surface area contributed by atoms with E-state index in [0.717, 1.165) is 50.6 Å². The van der Waals surface area contributed by atoms with E-state index in [1.807, 2.05) is 30.0 Å². The molecule has 1 N–H and O–H groups in total. The van der Waals surface area contributed by atoms with Gasteiger partial charge in [-0.15, -0.1) is 0 Å². The molecular formula is C21H33N3O3. The van der Waals surface area contributed by atoms with Crippen molar-refractivity contribution >= 4 is 5.91 Å². The Morgan fingerprint density at radius 1 is 1.19 bits per heavy atom. The normalized spacial score (nSPS) is 24.8. The molecule has 1 aromatic rings. The van der Waals surface area contributed by atoms with E-state index in [-0.39, 0.29) is 18.4 Å². The van der Waals surface area contributed by atoms with Crippen LogP contribution < -0.4 is 4.74 Å². The number of likely N-dealkylation sites (N-methyl/N-ethyl adjacent to an activating group) is 1. The molecule has 0 saturated carbocycles. The lowest BCUT2D eigenvalue weighted by Crippen LogP contribution is -2.36. The second-order valence-corrected chi connectivity index (χ2v) is 8.05. The number of hydrogen-bond acceptors (Lipinski definition) is 5. The van der Waals surface area contributed by atoms with Crippen molar-refractivity contribution < 1.29 is 14.6 Å². The molecule has 0 spiro atoms. The van der Waals surface area contributed by atoms with Gasteiger partial charge in [-0.2, -0.15) is 0 Å². The van der Waals surface area contributed by atoms with E-state index in [1.54, 1.807) is 7.11 Å². The van der Waals surface area contributed by atoms with Crippen LogP contribution in [0.4, 0.5) is 0 Å². The van der Waals surface area contributed by atoms with Crippen molar-refractivity contribution in [3.05, 3.63) is 29.3 Å². The van der Waals surface area contributed by atoms with E-state index in [2.05, 4.69) is 16.8 Å². The van der Waals surface area contributed by atoms with Gasteiger partial charge in [-0.05, 0) is 63.2 Å². The summed E-state index contributed by atoms with van der Waals surface area (Å²) in [6, 6.07) is 5.58. The van der Waals surface area contributed by atoms with Gasteiger partial charge >= 0.3 is 0 Å². The lowest BCUT2D eigenvalue weighted by Gasteiger charge is -2.26. The Kier molecular flexibility index (Phi) is 6.73. The second-order valence-electron chi connectivity index (χ2n) is 8.05. The number of carbonyl (C=O) groups excluding carboxylic acids is 1. The third-order valence-electron chi connectivity index (χ3n) is 6.04. The minimum absolute atomic E-state index is 0.0531. The largest absolute Gasteiger partial charge is 0.496 e. The number of ether oxygens (including phenoxy) is 1. The number of carbonyl (C=O) groups is 1. The molecule has 2 aliphatic rings. The van der Waals surface area contributed by atoms with E-state index >= 15 is 0 Å². The Balaban J connectivity index is 1.64. The zero-order valence-corrected chi connectivity index (χ0v) is 16.9. The monoisotopic (exact) mass is 375 g/mol. The molecule has 2 heterocycles. The summed E-state index contributed by atoms with van der Waals surface area (Å²) in [7, 11) is 3.81. The van der Waals surface area contributed by atoms with Crippen LogP contribution in [0.2, 0.25) is 0 Å². The molecule has 27 heavy (non-hydrogen) atoms. The van der Waals surface area contributed by atoms with Gasteiger partial charge in [-0.25, -0.2) is 0 Å². The summed E-state index contributed by atoms with van der Waals surface area (Å²) in [4.78, 5) is 19.8. The van der Waals surface area contributed by atoms with Crippen LogP contribution in [0.5, 0.6) is 5.75 Å². The SMILES string of the molecule is COc1ccc(C(=O)N2C[C@@H](CN3CCCN(C)CC3)[C@@H](CO)C2)cc1C. The standard InChI is InChI=1S/C21H33N3O3/c1-16-11-17(5-6-20(16)27-3)21(26)24-13-18(19(14-24)15-25)12-23-8-4-7-22(2)9-10-23/h5-6,11,18-19,25H,4,7-10,12-15H2,1-3H3/t18-,19-/m1/s1. The topological polar surface area (TPSA) is 56.2 Å². The average molecular weight is 376 g/mol. The lowest BCUT2D eigenvalue weighted by atomic mass is 9.96. The number of amides is 1.